The number of rotatable bonds is 4. The van der Waals surface area contributed by atoms with Crippen molar-refractivity contribution in [2.75, 3.05) is 18.8 Å². The fraction of sp³-hybridized carbons (Fsp3) is 0.714. The minimum absolute atomic E-state index is 0.0225. The van der Waals surface area contributed by atoms with Gasteiger partial charge in [-0.3, -0.25) is 9.89 Å². The number of aromatic nitrogens is 2. The summed E-state index contributed by atoms with van der Waals surface area (Å²) < 4.78 is 0. The second-order valence-corrected chi connectivity index (χ2v) is 5.36. The van der Waals surface area contributed by atoms with Gasteiger partial charge in [0, 0.05) is 13.1 Å². The van der Waals surface area contributed by atoms with Gasteiger partial charge < -0.3 is 10.6 Å². The largest absolute Gasteiger partial charge is 0.395 e. The van der Waals surface area contributed by atoms with Gasteiger partial charge in [-0.15, -0.1) is 0 Å². The van der Waals surface area contributed by atoms with E-state index in [2.05, 4.69) is 24.0 Å². The fourth-order valence-corrected chi connectivity index (χ4v) is 2.68. The van der Waals surface area contributed by atoms with Crippen LogP contribution in [0.3, 0.4) is 0 Å². The number of amides is 1. The molecule has 0 radical (unpaired) electrons. The van der Waals surface area contributed by atoms with Crippen molar-refractivity contribution in [1.82, 2.24) is 15.1 Å². The fourth-order valence-electron chi connectivity index (χ4n) is 2.68. The monoisotopic (exact) mass is 264 g/mol. The van der Waals surface area contributed by atoms with Crippen LogP contribution in [0.1, 0.15) is 55.7 Å². The Balaban J connectivity index is 2.04. The van der Waals surface area contributed by atoms with Crippen molar-refractivity contribution < 1.29 is 4.79 Å². The highest BCUT2D eigenvalue weighted by Crippen LogP contribution is 2.23. The molecule has 5 nitrogen and oxygen atoms in total. The van der Waals surface area contributed by atoms with Crippen molar-refractivity contribution in [3.8, 4) is 0 Å². The van der Waals surface area contributed by atoms with Gasteiger partial charge in [0.2, 0.25) is 0 Å². The standard InChI is InChI=1S/C14H24N4O/c1-3-5-11-12(15)13(17-16-11)14(19)18-8-6-10(4-2)7-9-18/h10H,3-9,15H2,1-2H3,(H,16,17). The lowest BCUT2D eigenvalue weighted by atomic mass is 9.94. The summed E-state index contributed by atoms with van der Waals surface area (Å²) in [6, 6.07) is 0. The second kappa shape index (κ2) is 6.08. The molecule has 0 spiro atoms. The number of hydrogen-bond donors (Lipinski definition) is 2. The maximum atomic E-state index is 12.4. The summed E-state index contributed by atoms with van der Waals surface area (Å²) in [5.41, 5.74) is 7.83. The summed E-state index contributed by atoms with van der Waals surface area (Å²) in [7, 11) is 0. The normalized spacial score (nSPS) is 16.8. The Hall–Kier alpha value is -1.52. The second-order valence-electron chi connectivity index (χ2n) is 5.36. The van der Waals surface area contributed by atoms with Crippen LogP contribution in [-0.2, 0) is 6.42 Å². The van der Waals surface area contributed by atoms with Crippen LogP contribution in [0, 0.1) is 5.92 Å². The van der Waals surface area contributed by atoms with E-state index < -0.39 is 0 Å². The number of anilines is 1. The van der Waals surface area contributed by atoms with E-state index in [1.165, 1.54) is 6.42 Å². The molecule has 1 aromatic rings. The van der Waals surface area contributed by atoms with E-state index in [1.807, 2.05) is 4.90 Å². The van der Waals surface area contributed by atoms with Crippen LogP contribution in [0.5, 0.6) is 0 Å². The number of piperidine rings is 1. The number of H-pyrrole nitrogens is 1. The van der Waals surface area contributed by atoms with Crippen molar-refractivity contribution in [1.29, 1.82) is 0 Å². The molecule has 1 aliphatic heterocycles. The maximum absolute atomic E-state index is 12.4. The first-order chi connectivity index (χ1) is 9.17. The van der Waals surface area contributed by atoms with Crippen molar-refractivity contribution >= 4 is 11.6 Å². The molecule has 1 aromatic heterocycles. The van der Waals surface area contributed by atoms with E-state index in [-0.39, 0.29) is 5.91 Å². The van der Waals surface area contributed by atoms with Crippen LogP contribution >= 0.6 is 0 Å². The van der Waals surface area contributed by atoms with Crippen molar-refractivity contribution in [3.63, 3.8) is 0 Å². The van der Waals surface area contributed by atoms with Gasteiger partial charge in [-0.25, -0.2) is 0 Å². The highest BCUT2D eigenvalue weighted by molar-refractivity contribution is 5.97. The van der Waals surface area contributed by atoms with Gasteiger partial charge in [0.05, 0.1) is 11.4 Å². The maximum Gasteiger partial charge on any atom is 0.276 e. The van der Waals surface area contributed by atoms with E-state index in [4.69, 9.17) is 5.73 Å². The SMILES string of the molecule is CCCc1[nH]nc(C(=O)N2CCC(CC)CC2)c1N. The van der Waals surface area contributed by atoms with Gasteiger partial charge in [-0.2, -0.15) is 5.10 Å². The number of aryl methyl sites for hydroxylation is 1. The van der Waals surface area contributed by atoms with Crippen molar-refractivity contribution in [2.45, 2.75) is 46.0 Å². The average Bonchev–Trinajstić information content (AvgIpc) is 2.80. The summed E-state index contributed by atoms with van der Waals surface area (Å²) in [4.78, 5) is 14.3. The number of nitrogens with two attached hydrogens (primary N) is 1. The predicted molar refractivity (Wildman–Crippen MR) is 75.9 cm³/mol. The highest BCUT2D eigenvalue weighted by atomic mass is 16.2. The Bertz CT molecular complexity index is 433. The Morgan fingerprint density at radius 3 is 2.68 bits per heavy atom. The third-order valence-corrected chi connectivity index (χ3v) is 4.06. The van der Waals surface area contributed by atoms with Gasteiger partial charge in [0.15, 0.2) is 5.69 Å². The van der Waals surface area contributed by atoms with Gasteiger partial charge >= 0.3 is 0 Å². The Kier molecular flexibility index (Phi) is 4.45. The van der Waals surface area contributed by atoms with E-state index in [1.54, 1.807) is 0 Å². The molecule has 0 bridgehead atoms. The molecule has 2 heterocycles. The highest BCUT2D eigenvalue weighted by Gasteiger charge is 2.26. The Morgan fingerprint density at radius 1 is 1.42 bits per heavy atom. The zero-order valence-corrected chi connectivity index (χ0v) is 11.9. The number of carbonyl (C=O) groups is 1. The number of carbonyl (C=O) groups excluding carboxylic acids is 1. The number of likely N-dealkylation sites (tertiary alicyclic amines) is 1. The lowest BCUT2D eigenvalue weighted by molar-refractivity contribution is 0.0684. The predicted octanol–water partition coefficient (Wildman–Crippen LogP) is 2.21. The van der Waals surface area contributed by atoms with Crippen LogP contribution in [-0.4, -0.2) is 34.1 Å². The number of aromatic amines is 1. The molecule has 0 atom stereocenters. The van der Waals surface area contributed by atoms with E-state index in [0.29, 0.717) is 11.4 Å². The molecule has 0 aliphatic carbocycles. The van der Waals surface area contributed by atoms with E-state index in [9.17, 15) is 4.79 Å². The molecule has 5 heteroatoms. The van der Waals surface area contributed by atoms with Gasteiger partial charge in [0.25, 0.3) is 5.91 Å². The first-order valence-corrected chi connectivity index (χ1v) is 7.29. The van der Waals surface area contributed by atoms with Crippen LogP contribution in [0.2, 0.25) is 0 Å². The number of nitrogen functional groups attached to an aromatic ring is 1. The molecule has 3 N–H and O–H groups in total. The van der Waals surface area contributed by atoms with Gasteiger partial charge in [-0.05, 0) is 25.2 Å². The van der Waals surface area contributed by atoms with E-state index in [0.717, 1.165) is 50.4 Å². The van der Waals surface area contributed by atoms with E-state index >= 15 is 0 Å². The molecule has 106 valence electrons. The summed E-state index contributed by atoms with van der Waals surface area (Å²) in [6.45, 7) is 5.95. The summed E-state index contributed by atoms with van der Waals surface area (Å²) in [5, 5.41) is 7.00. The zero-order chi connectivity index (χ0) is 13.8. The quantitative estimate of drug-likeness (QED) is 0.875. The molecule has 19 heavy (non-hydrogen) atoms. The number of nitrogens with zero attached hydrogens (tertiary/aromatic N) is 2. The Morgan fingerprint density at radius 2 is 2.11 bits per heavy atom. The molecule has 0 saturated carbocycles. The number of hydrogen-bond acceptors (Lipinski definition) is 3. The average molecular weight is 264 g/mol. The molecule has 1 fully saturated rings. The zero-order valence-electron chi connectivity index (χ0n) is 11.9. The summed E-state index contributed by atoms with van der Waals surface area (Å²) in [6.07, 6.45) is 5.21. The van der Waals surface area contributed by atoms with Crippen molar-refractivity contribution in [2.24, 2.45) is 5.92 Å². The van der Waals surface area contributed by atoms with Crippen LogP contribution in [0.4, 0.5) is 5.69 Å². The molecular formula is C14H24N4O. The minimum Gasteiger partial charge on any atom is -0.395 e. The van der Waals surface area contributed by atoms with Crippen LogP contribution in [0.25, 0.3) is 0 Å². The third-order valence-electron chi connectivity index (χ3n) is 4.06. The van der Waals surface area contributed by atoms with Crippen LogP contribution < -0.4 is 5.73 Å². The first-order valence-electron chi connectivity index (χ1n) is 7.29. The molecule has 1 aliphatic rings. The van der Waals surface area contributed by atoms with Crippen molar-refractivity contribution in [3.05, 3.63) is 11.4 Å². The summed E-state index contributed by atoms with van der Waals surface area (Å²) in [5.74, 6) is 0.738. The van der Waals surface area contributed by atoms with Gasteiger partial charge in [0.1, 0.15) is 0 Å². The molecule has 1 saturated heterocycles. The topological polar surface area (TPSA) is 75.0 Å². The number of nitrogens with one attached hydrogen (secondary N) is 1. The molecule has 2 rings (SSSR count). The smallest absolute Gasteiger partial charge is 0.276 e. The molecule has 1 amide bonds. The lowest BCUT2D eigenvalue weighted by Gasteiger charge is -2.31. The molecule has 0 unspecified atom stereocenters. The molecular weight excluding hydrogens is 240 g/mol. The molecule has 0 aromatic carbocycles. The third kappa shape index (κ3) is 2.91. The van der Waals surface area contributed by atoms with Gasteiger partial charge in [-0.1, -0.05) is 26.7 Å². The Labute approximate surface area is 114 Å². The lowest BCUT2D eigenvalue weighted by Crippen LogP contribution is -2.38. The van der Waals surface area contributed by atoms with Crippen LogP contribution in [0.15, 0.2) is 0 Å². The first kappa shape index (κ1) is 13.9. The minimum atomic E-state index is -0.0225. The summed E-state index contributed by atoms with van der Waals surface area (Å²) >= 11 is 0.